The molecule has 0 aliphatic carbocycles. The van der Waals surface area contributed by atoms with Crippen molar-refractivity contribution in [2.75, 3.05) is 20.0 Å². The van der Waals surface area contributed by atoms with E-state index in [4.69, 9.17) is 15.2 Å². The quantitative estimate of drug-likeness (QED) is 0.437. The van der Waals surface area contributed by atoms with Gasteiger partial charge in [0.2, 0.25) is 11.6 Å². The van der Waals surface area contributed by atoms with Gasteiger partial charge in [-0.25, -0.2) is 10.1 Å². The number of hydrogen-bond donors (Lipinski definition) is 2. The van der Waals surface area contributed by atoms with Gasteiger partial charge in [0.15, 0.2) is 5.69 Å². The number of benzene rings is 1. The van der Waals surface area contributed by atoms with E-state index < -0.39 is 5.91 Å². The molecule has 1 aromatic carbocycles. The molecule has 0 aliphatic heterocycles. The SMILES string of the molecule is COCc1c(C(=O)N/N=C(/C)c2cccc(OC)c2)nnn1-c1nonc1N. The van der Waals surface area contributed by atoms with Gasteiger partial charge >= 0.3 is 0 Å². The number of hydrogen-bond acceptors (Lipinski definition) is 10. The van der Waals surface area contributed by atoms with Crippen molar-refractivity contribution in [1.29, 1.82) is 0 Å². The molecule has 2 aromatic heterocycles. The second kappa shape index (κ2) is 8.26. The number of hydrazone groups is 1. The third-order valence-electron chi connectivity index (χ3n) is 3.77. The highest BCUT2D eigenvalue weighted by atomic mass is 16.6. The predicted octanol–water partition coefficient (Wildman–Crippen LogP) is 0.541. The molecule has 12 heteroatoms. The first-order valence-electron chi connectivity index (χ1n) is 8.06. The molecule has 0 fully saturated rings. The monoisotopic (exact) mass is 386 g/mol. The van der Waals surface area contributed by atoms with Crippen LogP contribution in [0.3, 0.4) is 0 Å². The number of amides is 1. The molecule has 12 nitrogen and oxygen atoms in total. The van der Waals surface area contributed by atoms with Gasteiger partial charge in [0, 0.05) is 12.7 Å². The molecule has 28 heavy (non-hydrogen) atoms. The molecule has 0 atom stereocenters. The van der Waals surface area contributed by atoms with Crippen LogP contribution in [-0.4, -0.2) is 51.1 Å². The topological polar surface area (TPSA) is 156 Å². The highest BCUT2D eigenvalue weighted by molar-refractivity contribution is 6.00. The number of methoxy groups -OCH3 is 2. The molecule has 0 unspecified atom stereocenters. The van der Waals surface area contributed by atoms with E-state index in [9.17, 15) is 4.79 Å². The molecule has 0 aliphatic rings. The van der Waals surface area contributed by atoms with Crippen LogP contribution in [0.1, 0.15) is 28.7 Å². The highest BCUT2D eigenvalue weighted by Crippen LogP contribution is 2.17. The van der Waals surface area contributed by atoms with Crippen LogP contribution in [0.5, 0.6) is 5.75 Å². The number of aromatic nitrogens is 5. The van der Waals surface area contributed by atoms with E-state index in [1.54, 1.807) is 20.1 Å². The number of nitrogen functional groups attached to an aromatic ring is 1. The van der Waals surface area contributed by atoms with Gasteiger partial charge in [0.05, 0.1) is 19.4 Å². The summed E-state index contributed by atoms with van der Waals surface area (Å²) in [5, 5.41) is 19.0. The first-order chi connectivity index (χ1) is 13.5. The number of anilines is 1. The van der Waals surface area contributed by atoms with Gasteiger partial charge in [-0.05, 0) is 29.4 Å². The molecule has 0 bridgehead atoms. The van der Waals surface area contributed by atoms with Crippen molar-refractivity contribution in [2.24, 2.45) is 5.10 Å². The number of rotatable bonds is 7. The summed E-state index contributed by atoms with van der Waals surface area (Å²) in [4.78, 5) is 12.6. The van der Waals surface area contributed by atoms with Gasteiger partial charge < -0.3 is 15.2 Å². The van der Waals surface area contributed by atoms with Crippen molar-refractivity contribution >= 4 is 17.4 Å². The van der Waals surface area contributed by atoms with Crippen LogP contribution in [0.25, 0.3) is 5.82 Å². The lowest BCUT2D eigenvalue weighted by atomic mass is 10.1. The zero-order valence-electron chi connectivity index (χ0n) is 15.4. The smallest absolute Gasteiger partial charge is 0.293 e. The van der Waals surface area contributed by atoms with Gasteiger partial charge in [-0.1, -0.05) is 17.3 Å². The molecular weight excluding hydrogens is 368 g/mol. The Morgan fingerprint density at radius 3 is 2.86 bits per heavy atom. The summed E-state index contributed by atoms with van der Waals surface area (Å²) in [5.41, 5.74) is 9.83. The standard InChI is InChI=1S/C16H18N8O4/c1-9(10-5-4-6-11(7-10)27-3)18-20-16(25)13-12(8-26-2)24(23-19-13)15-14(17)21-28-22-15/h4-7H,8H2,1-3H3,(H2,17,21)(H,20,25)/b18-9-. The van der Waals surface area contributed by atoms with E-state index in [2.05, 4.69) is 35.8 Å². The fourth-order valence-electron chi connectivity index (χ4n) is 2.35. The second-order valence-corrected chi connectivity index (χ2v) is 5.57. The van der Waals surface area contributed by atoms with Crippen molar-refractivity contribution in [3.05, 3.63) is 41.2 Å². The molecule has 3 aromatic rings. The average Bonchev–Trinajstić information content (AvgIpc) is 3.32. The molecule has 0 spiro atoms. The van der Waals surface area contributed by atoms with Crippen LogP contribution < -0.4 is 15.9 Å². The Hall–Kier alpha value is -3.80. The Labute approximate surface area is 159 Å². The van der Waals surface area contributed by atoms with Gasteiger partial charge in [-0.3, -0.25) is 4.79 Å². The van der Waals surface area contributed by atoms with E-state index in [0.717, 1.165) is 5.56 Å². The van der Waals surface area contributed by atoms with Crippen LogP contribution >= 0.6 is 0 Å². The minimum absolute atomic E-state index is 0.00102. The van der Waals surface area contributed by atoms with Crippen LogP contribution in [-0.2, 0) is 11.3 Å². The highest BCUT2D eigenvalue weighted by Gasteiger charge is 2.23. The summed E-state index contributed by atoms with van der Waals surface area (Å²) in [6.45, 7) is 1.78. The summed E-state index contributed by atoms with van der Waals surface area (Å²) in [6.07, 6.45) is 0. The van der Waals surface area contributed by atoms with E-state index in [1.807, 2.05) is 18.2 Å². The normalized spacial score (nSPS) is 11.5. The summed E-state index contributed by atoms with van der Waals surface area (Å²) >= 11 is 0. The number of carbonyl (C=O) groups is 1. The van der Waals surface area contributed by atoms with Crippen LogP contribution in [0, 0.1) is 0 Å². The summed E-state index contributed by atoms with van der Waals surface area (Å²) in [5.74, 6) is 0.217. The van der Waals surface area contributed by atoms with Gasteiger partial charge in [0.25, 0.3) is 5.91 Å². The lowest BCUT2D eigenvalue weighted by molar-refractivity contribution is 0.0944. The Bertz CT molecular complexity index is 1010. The summed E-state index contributed by atoms with van der Waals surface area (Å²) < 4.78 is 16.1. The van der Waals surface area contributed by atoms with Crippen LogP contribution in [0.4, 0.5) is 5.82 Å². The first-order valence-corrected chi connectivity index (χ1v) is 8.06. The molecular formula is C16H18N8O4. The average molecular weight is 386 g/mol. The van der Waals surface area contributed by atoms with Crippen molar-refractivity contribution in [1.82, 2.24) is 30.7 Å². The van der Waals surface area contributed by atoms with E-state index >= 15 is 0 Å². The Kier molecular flexibility index (Phi) is 5.60. The van der Waals surface area contributed by atoms with Crippen molar-refractivity contribution in [3.63, 3.8) is 0 Å². The summed E-state index contributed by atoms with van der Waals surface area (Å²) in [6, 6.07) is 7.29. The zero-order valence-corrected chi connectivity index (χ0v) is 15.4. The maximum atomic E-state index is 12.6. The van der Waals surface area contributed by atoms with Crippen molar-refractivity contribution < 1.29 is 18.9 Å². The van der Waals surface area contributed by atoms with E-state index in [1.165, 1.54) is 11.8 Å². The third-order valence-corrected chi connectivity index (χ3v) is 3.77. The van der Waals surface area contributed by atoms with E-state index in [-0.39, 0.29) is 23.9 Å². The van der Waals surface area contributed by atoms with Gasteiger partial charge in [-0.15, -0.1) is 5.10 Å². The minimum Gasteiger partial charge on any atom is -0.497 e. The molecule has 0 radical (unpaired) electrons. The van der Waals surface area contributed by atoms with Gasteiger partial charge in [-0.2, -0.15) is 9.78 Å². The van der Waals surface area contributed by atoms with Crippen molar-refractivity contribution in [2.45, 2.75) is 13.5 Å². The van der Waals surface area contributed by atoms with E-state index in [0.29, 0.717) is 17.2 Å². The second-order valence-electron chi connectivity index (χ2n) is 5.57. The van der Waals surface area contributed by atoms with Crippen molar-refractivity contribution in [3.8, 4) is 11.6 Å². The predicted molar refractivity (Wildman–Crippen MR) is 97.0 cm³/mol. The fraction of sp³-hybridized carbons (Fsp3) is 0.250. The molecule has 0 saturated heterocycles. The maximum absolute atomic E-state index is 12.6. The number of carbonyl (C=O) groups excluding carboxylic acids is 1. The van der Waals surface area contributed by atoms with Crippen LogP contribution in [0.15, 0.2) is 34.0 Å². The number of nitrogens with one attached hydrogen (secondary N) is 1. The number of nitrogens with zero attached hydrogens (tertiary/aromatic N) is 6. The third kappa shape index (κ3) is 3.81. The largest absolute Gasteiger partial charge is 0.497 e. The lowest BCUT2D eigenvalue weighted by Gasteiger charge is -2.06. The zero-order chi connectivity index (χ0) is 20.1. The Morgan fingerprint density at radius 1 is 1.36 bits per heavy atom. The molecule has 2 heterocycles. The minimum atomic E-state index is -0.574. The maximum Gasteiger partial charge on any atom is 0.293 e. The molecule has 146 valence electrons. The van der Waals surface area contributed by atoms with Crippen LogP contribution in [0.2, 0.25) is 0 Å². The molecule has 3 rings (SSSR count). The van der Waals surface area contributed by atoms with Gasteiger partial charge in [0.1, 0.15) is 11.4 Å². The molecule has 1 amide bonds. The summed E-state index contributed by atoms with van der Waals surface area (Å²) in [7, 11) is 3.04. The lowest BCUT2D eigenvalue weighted by Crippen LogP contribution is -2.22. The number of nitrogens with two attached hydrogens (primary N) is 1. The molecule has 3 N–H and O–H groups in total. The first kappa shape index (κ1) is 19.0. The fourth-order valence-corrected chi connectivity index (χ4v) is 2.35. The number of ether oxygens (including phenoxy) is 2. The molecule has 0 saturated carbocycles. The Morgan fingerprint density at radius 2 is 2.18 bits per heavy atom. The Balaban J connectivity index is 1.84.